The average Bonchev–Trinajstić information content (AvgIpc) is 2.82. The van der Waals surface area contributed by atoms with Gasteiger partial charge in [-0.2, -0.15) is 0 Å². The number of phosphoric acid groups is 1. The number of rotatable bonds is 23. The molecule has 7 nitrogen and oxygen atoms in total. The lowest BCUT2D eigenvalue weighted by molar-refractivity contribution is -0.118. The molecule has 0 aliphatic carbocycles. The topological polar surface area (TPSA) is 94.1 Å². The number of Topliss-reactive ketones (excluding diaryl/α,β-unsaturated/α-hetero) is 1. The zero-order valence-electron chi connectivity index (χ0n) is 22.1. The number of ketones is 1. The Bertz CT molecular complexity index is 712. The molecule has 0 aliphatic heterocycles. The minimum absolute atomic E-state index is 0.00679. The van der Waals surface area contributed by atoms with Crippen molar-refractivity contribution in [1.82, 2.24) is 5.32 Å². The molecule has 1 rings (SSSR count). The lowest BCUT2D eigenvalue weighted by Gasteiger charge is -2.18. The summed E-state index contributed by atoms with van der Waals surface area (Å²) in [6.45, 7) is 5.05. The summed E-state index contributed by atoms with van der Waals surface area (Å²) in [5.41, 5.74) is 1.13. The van der Waals surface area contributed by atoms with Crippen molar-refractivity contribution >= 4 is 13.6 Å². The number of ether oxygens (including phenoxy) is 1. The molecule has 0 saturated heterocycles. The molecular weight excluding hydrogens is 465 g/mol. The number of unbranched alkanes of at least 4 members (excludes halogenated alkanes) is 8. The molecule has 2 N–H and O–H groups in total. The van der Waals surface area contributed by atoms with Gasteiger partial charge >= 0.3 is 7.82 Å². The van der Waals surface area contributed by atoms with Crippen LogP contribution in [0.25, 0.3) is 0 Å². The highest BCUT2D eigenvalue weighted by atomic mass is 31.2. The van der Waals surface area contributed by atoms with E-state index in [0.29, 0.717) is 19.4 Å². The molecule has 0 aromatic heterocycles. The van der Waals surface area contributed by atoms with E-state index >= 15 is 0 Å². The molecule has 0 bridgehead atoms. The third-order valence-corrected chi connectivity index (χ3v) is 6.92. The molecule has 0 amide bonds. The Morgan fingerprint density at radius 3 is 2.20 bits per heavy atom. The highest BCUT2D eigenvalue weighted by molar-refractivity contribution is 7.47. The number of phosphoric ester groups is 1. The lowest BCUT2D eigenvalue weighted by atomic mass is 9.96. The van der Waals surface area contributed by atoms with Crippen LogP contribution >= 0.6 is 7.82 Å². The fourth-order valence-corrected chi connectivity index (χ4v) is 4.67. The molecule has 0 heterocycles. The van der Waals surface area contributed by atoms with Gasteiger partial charge in [-0.05, 0) is 56.8 Å². The summed E-state index contributed by atoms with van der Waals surface area (Å²) in [6.07, 6.45) is 13.4. The summed E-state index contributed by atoms with van der Waals surface area (Å²) in [4.78, 5) is 21.4. The van der Waals surface area contributed by atoms with E-state index in [1.807, 2.05) is 24.3 Å². The molecule has 8 heteroatoms. The van der Waals surface area contributed by atoms with Crippen molar-refractivity contribution in [2.24, 2.45) is 5.92 Å². The van der Waals surface area contributed by atoms with Crippen LogP contribution in [0.15, 0.2) is 24.3 Å². The summed E-state index contributed by atoms with van der Waals surface area (Å²) >= 11 is 0. The van der Waals surface area contributed by atoms with Gasteiger partial charge in [-0.3, -0.25) is 9.05 Å². The molecule has 2 atom stereocenters. The number of hydrogen-bond acceptors (Lipinski definition) is 6. The maximum Gasteiger partial charge on any atom is 0.472 e. The zero-order chi connectivity index (χ0) is 25.8. The summed E-state index contributed by atoms with van der Waals surface area (Å²) in [5, 5.41) is 2.84. The standard InChI is InChI=1S/C27H48NO6P/c1-4-5-6-7-8-9-10-11-12-20-32-27-17-15-25(16-18-27)13-14-26(22-24(2)29)23-34-35(30,31)33-21-19-28-3/h15-18,26,28H,4-14,19-23H2,1-3H3,(H,30,31). The van der Waals surface area contributed by atoms with E-state index in [-0.39, 0.29) is 24.9 Å². The maximum atomic E-state index is 12.0. The molecule has 2 unspecified atom stereocenters. The van der Waals surface area contributed by atoms with Crippen LogP contribution in [0.5, 0.6) is 5.75 Å². The molecule has 0 radical (unpaired) electrons. The second kappa shape index (κ2) is 19.9. The van der Waals surface area contributed by atoms with Gasteiger partial charge in [0.15, 0.2) is 0 Å². The third kappa shape index (κ3) is 17.8. The number of carbonyl (C=O) groups is 1. The predicted octanol–water partition coefficient (Wildman–Crippen LogP) is 6.48. The molecule has 35 heavy (non-hydrogen) atoms. The van der Waals surface area contributed by atoms with E-state index in [2.05, 4.69) is 12.2 Å². The highest BCUT2D eigenvalue weighted by Gasteiger charge is 2.23. The number of hydrogen-bond donors (Lipinski definition) is 2. The van der Waals surface area contributed by atoms with Gasteiger partial charge in [-0.15, -0.1) is 0 Å². The van der Waals surface area contributed by atoms with Gasteiger partial charge in [-0.25, -0.2) is 4.57 Å². The van der Waals surface area contributed by atoms with E-state index < -0.39 is 7.82 Å². The summed E-state index contributed by atoms with van der Waals surface area (Å²) in [6, 6.07) is 8.04. The Hall–Kier alpha value is -1.24. The van der Waals surface area contributed by atoms with Crippen molar-refractivity contribution < 1.29 is 28.0 Å². The minimum Gasteiger partial charge on any atom is -0.494 e. The highest BCUT2D eigenvalue weighted by Crippen LogP contribution is 2.43. The fraction of sp³-hybridized carbons (Fsp3) is 0.741. The SMILES string of the molecule is CCCCCCCCCCCOc1ccc(CCC(COP(=O)(O)OCCNC)CC(C)=O)cc1. The van der Waals surface area contributed by atoms with Crippen molar-refractivity contribution in [3.05, 3.63) is 29.8 Å². The van der Waals surface area contributed by atoms with Crippen LogP contribution in [-0.4, -0.2) is 44.1 Å². The minimum atomic E-state index is -4.12. The van der Waals surface area contributed by atoms with Crippen LogP contribution in [0, 0.1) is 5.92 Å². The first-order valence-electron chi connectivity index (χ1n) is 13.3. The third-order valence-electron chi connectivity index (χ3n) is 5.94. The van der Waals surface area contributed by atoms with E-state index in [1.165, 1.54) is 58.3 Å². The number of carbonyl (C=O) groups excluding carboxylic acids is 1. The molecule has 202 valence electrons. The Kier molecular flexibility index (Phi) is 18.1. The van der Waals surface area contributed by atoms with Crippen LogP contribution in [0.1, 0.15) is 90.0 Å². The van der Waals surface area contributed by atoms with Gasteiger partial charge in [0.25, 0.3) is 0 Å². The number of nitrogens with one attached hydrogen (secondary N) is 1. The molecule has 0 spiro atoms. The van der Waals surface area contributed by atoms with Crippen LogP contribution < -0.4 is 10.1 Å². The molecule has 0 saturated carbocycles. The Morgan fingerprint density at radius 1 is 0.971 bits per heavy atom. The second-order valence-corrected chi connectivity index (χ2v) is 10.8. The van der Waals surface area contributed by atoms with E-state index in [4.69, 9.17) is 13.8 Å². The van der Waals surface area contributed by atoms with E-state index in [0.717, 1.165) is 30.8 Å². The van der Waals surface area contributed by atoms with E-state index in [9.17, 15) is 14.3 Å². The van der Waals surface area contributed by atoms with Crippen LogP contribution in [-0.2, 0) is 24.8 Å². The first-order chi connectivity index (χ1) is 16.9. The Morgan fingerprint density at radius 2 is 1.60 bits per heavy atom. The molecule has 0 fully saturated rings. The second-order valence-electron chi connectivity index (χ2n) is 9.33. The van der Waals surface area contributed by atoms with Gasteiger partial charge in [0.1, 0.15) is 11.5 Å². The van der Waals surface area contributed by atoms with Gasteiger partial charge in [0.05, 0.1) is 19.8 Å². The predicted molar refractivity (Wildman–Crippen MR) is 142 cm³/mol. The van der Waals surface area contributed by atoms with E-state index in [1.54, 1.807) is 7.05 Å². The van der Waals surface area contributed by atoms with Crippen molar-refractivity contribution in [3.63, 3.8) is 0 Å². The largest absolute Gasteiger partial charge is 0.494 e. The Labute approximate surface area is 212 Å². The number of aryl methyl sites for hydroxylation is 1. The van der Waals surface area contributed by atoms with Crippen molar-refractivity contribution in [1.29, 1.82) is 0 Å². The smallest absolute Gasteiger partial charge is 0.472 e. The van der Waals surface area contributed by atoms with Crippen LogP contribution in [0.3, 0.4) is 0 Å². The summed E-state index contributed by atoms with van der Waals surface area (Å²) < 4.78 is 27.9. The number of benzene rings is 1. The normalized spacial score (nSPS) is 13.9. The van der Waals surface area contributed by atoms with Gasteiger partial charge in [-0.1, -0.05) is 70.4 Å². The van der Waals surface area contributed by atoms with Crippen molar-refractivity contribution in [2.45, 2.75) is 90.9 Å². The molecule has 1 aromatic carbocycles. The maximum absolute atomic E-state index is 12.0. The zero-order valence-corrected chi connectivity index (χ0v) is 23.0. The first-order valence-corrected chi connectivity index (χ1v) is 14.8. The molecular formula is C27H48NO6P. The molecule has 1 aromatic rings. The average molecular weight is 514 g/mol. The summed E-state index contributed by atoms with van der Waals surface area (Å²) in [7, 11) is -2.39. The van der Waals surface area contributed by atoms with Gasteiger partial charge in [0.2, 0.25) is 0 Å². The van der Waals surface area contributed by atoms with Crippen LogP contribution in [0.4, 0.5) is 0 Å². The number of likely N-dealkylation sites (N-methyl/N-ethyl adjacent to an activating group) is 1. The first kappa shape index (κ1) is 31.8. The quantitative estimate of drug-likeness (QED) is 0.128. The summed E-state index contributed by atoms with van der Waals surface area (Å²) in [5.74, 6) is 0.753. The van der Waals surface area contributed by atoms with Gasteiger partial charge < -0.3 is 19.7 Å². The van der Waals surface area contributed by atoms with Crippen molar-refractivity contribution in [3.8, 4) is 5.75 Å². The molecule has 0 aliphatic rings. The fourth-order valence-electron chi connectivity index (χ4n) is 3.88. The monoisotopic (exact) mass is 513 g/mol. The van der Waals surface area contributed by atoms with Crippen LogP contribution in [0.2, 0.25) is 0 Å². The lowest BCUT2D eigenvalue weighted by Crippen LogP contribution is -2.16. The van der Waals surface area contributed by atoms with Crippen molar-refractivity contribution in [2.75, 3.05) is 33.4 Å². The van der Waals surface area contributed by atoms with Gasteiger partial charge in [0, 0.05) is 13.0 Å². The Balaban J connectivity index is 2.30.